The van der Waals surface area contributed by atoms with Crippen LogP contribution in [0.5, 0.6) is 5.75 Å². The fraction of sp³-hybridized carbons (Fsp3) is 0.500. The summed E-state index contributed by atoms with van der Waals surface area (Å²) in [4.78, 5) is 60.7. The average molecular weight is 802 g/mol. The molecule has 5 aromatic rings. The van der Waals surface area contributed by atoms with Gasteiger partial charge in [-0.05, 0) is 100 Å². The van der Waals surface area contributed by atoms with Crippen LogP contribution in [0.4, 0.5) is 11.4 Å². The molecule has 2 atom stereocenters. The number of anilines is 2. The van der Waals surface area contributed by atoms with E-state index in [4.69, 9.17) is 9.47 Å². The van der Waals surface area contributed by atoms with Gasteiger partial charge in [-0.25, -0.2) is 14.3 Å². The summed E-state index contributed by atoms with van der Waals surface area (Å²) in [7, 11) is 1.78. The van der Waals surface area contributed by atoms with Crippen molar-refractivity contribution >= 4 is 45.8 Å². The van der Waals surface area contributed by atoms with E-state index in [1.165, 1.54) is 25.7 Å². The number of amides is 3. The van der Waals surface area contributed by atoms with Crippen molar-refractivity contribution in [2.24, 2.45) is 18.4 Å². The van der Waals surface area contributed by atoms with Crippen molar-refractivity contribution < 1.29 is 23.9 Å². The van der Waals surface area contributed by atoms with Gasteiger partial charge in [-0.15, -0.1) is 0 Å². The number of fused-ring (bicyclic) bond motifs is 3. The number of aryl methyl sites for hydroxylation is 2. The monoisotopic (exact) mass is 801 g/mol. The fourth-order valence-corrected chi connectivity index (χ4v) is 10.7. The third-order valence-electron chi connectivity index (χ3n) is 13.7. The maximum atomic E-state index is 13.6. The number of carbonyl (C=O) groups excluding carboxylic acids is 3. The SMILES string of the molecule is Cn1c(=O)n(C2CCC(=O)NC2=O)c2cccc(CCC3CC4(CCN(C[C@@]5(C)Cc6cc(NC(=O)c7cnn8cccnc78)c(N7CCOCC7)cc6O5)CC4)C3)c21. The van der Waals surface area contributed by atoms with Crippen molar-refractivity contribution in [2.75, 3.05) is 56.2 Å². The number of hydrogen-bond acceptors (Lipinski definition) is 10. The largest absolute Gasteiger partial charge is 0.486 e. The fourth-order valence-electron chi connectivity index (χ4n) is 10.7. The third kappa shape index (κ3) is 6.87. The number of imidazole rings is 1. The molecule has 4 aliphatic heterocycles. The zero-order valence-electron chi connectivity index (χ0n) is 33.7. The Morgan fingerprint density at radius 3 is 2.66 bits per heavy atom. The van der Waals surface area contributed by atoms with Crippen LogP contribution in [0.15, 0.2) is 59.8 Å². The predicted octanol–water partition coefficient (Wildman–Crippen LogP) is 4.27. The number of nitrogens with zero attached hydrogens (tertiary/aromatic N) is 7. The van der Waals surface area contributed by atoms with Gasteiger partial charge >= 0.3 is 5.69 Å². The lowest BCUT2D eigenvalue weighted by Crippen LogP contribution is -2.51. The lowest BCUT2D eigenvalue weighted by atomic mass is 9.56. The van der Waals surface area contributed by atoms with Crippen LogP contribution in [0, 0.1) is 11.3 Å². The second-order valence-corrected chi connectivity index (χ2v) is 17.8. The lowest BCUT2D eigenvalue weighted by molar-refractivity contribution is -0.135. The van der Waals surface area contributed by atoms with E-state index in [9.17, 15) is 19.2 Å². The Labute approximate surface area is 341 Å². The zero-order chi connectivity index (χ0) is 40.5. The Hall–Kier alpha value is -5.54. The van der Waals surface area contributed by atoms with E-state index < -0.39 is 11.9 Å². The van der Waals surface area contributed by atoms with Gasteiger partial charge in [0.1, 0.15) is 23.0 Å². The molecule has 308 valence electrons. The smallest absolute Gasteiger partial charge is 0.329 e. The predicted molar refractivity (Wildman–Crippen MR) is 221 cm³/mol. The molecule has 0 radical (unpaired) electrons. The molecule has 15 nitrogen and oxygen atoms in total. The Balaban J connectivity index is 0.763. The van der Waals surface area contributed by atoms with Gasteiger partial charge in [0.2, 0.25) is 11.8 Å². The molecule has 5 aliphatic rings. The first-order valence-electron chi connectivity index (χ1n) is 21.1. The highest BCUT2D eigenvalue weighted by molar-refractivity contribution is 6.09. The van der Waals surface area contributed by atoms with Gasteiger partial charge in [-0.1, -0.05) is 12.1 Å². The first-order valence-corrected chi connectivity index (χ1v) is 21.1. The molecule has 0 bridgehead atoms. The molecule has 15 heteroatoms. The Kier molecular flexibility index (Phi) is 9.35. The zero-order valence-corrected chi connectivity index (χ0v) is 33.7. The van der Waals surface area contributed by atoms with Gasteiger partial charge in [0.05, 0.1) is 41.8 Å². The Morgan fingerprint density at radius 1 is 1.05 bits per heavy atom. The van der Waals surface area contributed by atoms with Gasteiger partial charge in [0, 0.05) is 63.5 Å². The minimum atomic E-state index is -0.677. The number of likely N-dealkylation sites (tertiary alicyclic amines) is 1. The van der Waals surface area contributed by atoms with Crippen molar-refractivity contribution in [1.29, 1.82) is 0 Å². The van der Waals surface area contributed by atoms with Crippen LogP contribution in [-0.2, 0) is 34.2 Å². The van der Waals surface area contributed by atoms with Gasteiger partial charge in [0.15, 0.2) is 5.65 Å². The van der Waals surface area contributed by atoms with E-state index in [0.29, 0.717) is 42.2 Å². The topological polar surface area (TPSA) is 157 Å². The molecule has 4 fully saturated rings. The number of rotatable bonds is 9. The third-order valence-corrected chi connectivity index (χ3v) is 13.7. The molecule has 1 aliphatic carbocycles. The van der Waals surface area contributed by atoms with Crippen LogP contribution in [0.25, 0.3) is 16.7 Å². The van der Waals surface area contributed by atoms with Crippen LogP contribution in [-0.4, -0.2) is 97.9 Å². The highest BCUT2D eigenvalue weighted by Crippen LogP contribution is 2.54. The average Bonchev–Trinajstić information content (AvgIpc) is 3.87. The summed E-state index contributed by atoms with van der Waals surface area (Å²) in [6.45, 7) is 7.85. The van der Waals surface area contributed by atoms with E-state index in [-0.39, 0.29) is 29.5 Å². The molecule has 2 aromatic carbocycles. The number of nitrogens with one attached hydrogen (secondary N) is 2. The number of benzene rings is 2. The van der Waals surface area contributed by atoms with Crippen LogP contribution in [0.3, 0.4) is 0 Å². The number of imide groups is 1. The van der Waals surface area contributed by atoms with E-state index in [0.717, 1.165) is 91.3 Å². The molecular formula is C44H51N9O6. The first-order chi connectivity index (χ1) is 28.6. The first kappa shape index (κ1) is 37.7. The number of ether oxygens (including phenoxy) is 2. The molecule has 1 saturated carbocycles. The van der Waals surface area contributed by atoms with Crippen LogP contribution < -0.4 is 26.0 Å². The van der Waals surface area contributed by atoms with Crippen molar-refractivity contribution in [3.05, 3.63) is 82.2 Å². The molecule has 10 rings (SSSR count). The summed E-state index contributed by atoms with van der Waals surface area (Å²) >= 11 is 0. The van der Waals surface area contributed by atoms with Crippen molar-refractivity contribution in [2.45, 2.75) is 76.4 Å². The normalized spacial score (nSPS) is 23.4. The summed E-state index contributed by atoms with van der Waals surface area (Å²) in [6, 6.07) is 11.3. The highest BCUT2D eigenvalue weighted by Gasteiger charge is 2.47. The van der Waals surface area contributed by atoms with Gasteiger partial charge in [0.25, 0.3) is 5.91 Å². The number of aromatic nitrogens is 5. The quantitative estimate of drug-likeness (QED) is 0.207. The minimum Gasteiger partial charge on any atom is -0.486 e. The van der Waals surface area contributed by atoms with Crippen LogP contribution in [0.1, 0.15) is 79.4 Å². The summed E-state index contributed by atoms with van der Waals surface area (Å²) in [5, 5.41) is 9.91. The number of piperidine rings is 2. The van der Waals surface area contributed by atoms with Crippen LogP contribution in [0.2, 0.25) is 0 Å². The standard InChI is InChI=1S/C44H51N9O6/c1-43(25-30-21-32(35(22-36(30)59-43)51-17-19-58-20-18-51)47-40(55)31-26-46-52-14-4-13-45-39(31)52)27-50-15-11-44(12-16-50)23-28(24-44)7-8-29-5-3-6-33-38(29)49(2)42(57)53(33)34-9-10-37(54)48-41(34)56/h3-6,13-14,21-22,26,28,34H,7-12,15-20,23-25,27H2,1-2H3,(H,47,55)(H,48,54,56)/t34?,43-/m1/s1. The molecule has 3 saturated heterocycles. The molecule has 59 heavy (non-hydrogen) atoms. The molecule has 1 spiro atoms. The Bertz CT molecular complexity index is 2540. The molecular weight excluding hydrogens is 751 g/mol. The van der Waals surface area contributed by atoms with E-state index in [1.807, 2.05) is 12.1 Å². The van der Waals surface area contributed by atoms with E-state index >= 15 is 0 Å². The summed E-state index contributed by atoms with van der Waals surface area (Å²) < 4.78 is 17.3. The molecule has 7 heterocycles. The summed E-state index contributed by atoms with van der Waals surface area (Å²) in [5.41, 5.74) is 6.27. The molecule has 2 N–H and O–H groups in total. The summed E-state index contributed by atoms with van der Waals surface area (Å²) in [6.07, 6.45) is 13.1. The van der Waals surface area contributed by atoms with Crippen molar-refractivity contribution in [3.63, 3.8) is 0 Å². The maximum Gasteiger partial charge on any atom is 0.329 e. The molecule has 3 amide bonds. The highest BCUT2D eigenvalue weighted by atomic mass is 16.5. The van der Waals surface area contributed by atoms with Crippen LogP contribution >= 0.6 is 0 Å². The maximum absolute atomic E-state index is 13.6. The number of para-hydroxylation sites is 1. The van der Waals surface area contributed by atoms with Gasteiger partial charge < -0.3 is 19.7 Å². The molecule has 1 unspecified atom stereocenters. The second kappa shape index (κ2) is 14.6. The lowest BCUT2D eigenvalue weighted by Gasteiger charge is -2.53. The Morgan fingerprint density at radius 2 is 1.86 bits per heavy atom. The minimum absolute atomic E-state index is 0.221. The second-order valence-electron chi connectivity index (χ2n) is 17.8. The number of morpholine rings is 1. The van der Waals surface area contributed by atoms with Crippen molar-refractivity contribution in [3.8, 4) is 5.75 Å². The van der Waals surface area contributed by atoms with E-state index in [2.05, 4.69) is 55.6 Å². The van der Waals surface area contributed by atoms with Gasteiger partial charge in [-0.2, -0.15) is 5.10 Å². The van der Waals surface area contributed by atoms with Crippen molar-refractivity contribution in [1.82, 2.24) is 33.9 Å². The number of hydrogen-bond donors (Lipinski definition) is 2. The summed E-state index contributed by atoms with van der Waals surface area (Å²) in [5.74, 6) is 0.583. The number of carbonyl (C=O) groups is 3. The molecule has 3 aromatic heterocycles. The van der Waals surface area contributed by atoms with E-state index in [1.54, 1.807) is 45.4 Å². The van der Waals surface area contributed by atoms with Gasteiger partial charge in [-0.3, -0.25) is 33.7 Å².